The van der Waals surface area contributed by atoms with Gasteiger partial charge in [-0.1, -0.05) is 62.8 Å². The van der Waals surface area contributed by atoms with Gasteiger partial charge in [-0.15, -0.1) is 10.2 Å². The van der Waals surface area contributed by atoms with Crippen molar-refractivity contribution in [3.05, 3.63) is 65.6 Å². The third-order valence-electron chi connectivity index (χ3n) is 5.46. The summed E-state index contributed by atoms with van der Waals surface area (Å²) in [5.41, 5.74) is 5.11. The number of hydrogen-bond acceptors (Lipinski definition) is 7. The molecule has 0 aliphatic rings. The number of anilines is 1. The van der Waals surface area contributed by atoms with E-state index in [1.54, 1.807) is 18.5 Å². The van der Waals surface area contributed by atoms with Gasteiger partial charge in [-0.3, -0.25) is 19.7 Å². The van der Waals surface area contributed by atoms with Crippen molar-refractivity contribution >= 4 is 23.6 Å². The van der Waals surface area contributed by atoms with Crippen LogP contribution in [0, 0.1) is 0 Å². The molecule has 4 rings (SSSR count). The normalized spacial score (nSPS) is 11.2. The first-order chi connectivity index (χ1) is 16.5. The van der Waals surface area contributed by atoms with Gasteiger partial charge in [-0.2, -0.15) is 0 Å². The number of pyridine rings is 1. The molecule has 0 atom stereocenters. The molecule has 8 nitrogen and oxygen atoms in total. The van der Waals surface area contributed by atoms with Crippen LogP contribution in [0.5, 0.6) is 0 Å². The van der Waals surface area contributed by atoms with Gasteiger partial charge < -0.3 is 4.52 Å². The van der Waals surface area contributed by atoms with E-state index in [0.717, 1.165) is 29.8 Å². The molecule has 1 N–H and O–H groups in total. The molecule has 1 amide bonds. The van der Waals surface area contributed by atoms with Crippen LogP contribution < -0.4 is 5.32 Å². The molecule has 34 heavy (non-hydrogen) atoms. The summed E-state index contributed by atoms with van der Waals surface area (Å²) in [6.07, 6.45) is 5.23. The fraction of sp³-hybridized carbons (Fsp3) is 0.320. The molecular formula is C25H28N6O2S. The number of nitrogens with zero attached hydrogens (tertiary/aromatic N) is 5. The maximum atomic E-state index is 12.6. The maximum Gasteiger partial charge on any atom is 0.237 e. The van der Waals surface area contributed by atoms with E-state index in [4.69, 9.17) is 4.52 Å². The van der Waals surface area contributed by atoms with Crippen LogP contribution >= 0.6 is 11.8 Å². The molecule has 0 aliphatic heterocycles. The van der Waals surface area contributed by atoms with E-state index in [1.165, 1.54) is 22.9 Å². The summed E-state index contributed by atoms with van der Waals surface area (Å²) >= 11 is 1.33. The molecule has 0 fully saturated rings. The average molecular weight is 477 g/mol. The van der Waals surface area contributed by atoms with E-state index < -0.39 is 0 Å². The van der Waals surface area contributed by atoms with Gasteiger partial charge in [0.2, 0.25) is 11.8 Å². The van der Waals surface area contributed by atoms with Gasteiger partial charge in [0.1, 0.15) is 0 Å². The van der Waals surface area contributed by atoms with Crippen LogP contribution in [-0.4, -0.2) is 36.6 Å². The van der Waals surface area contributed by atoms with E-state index in [-0.39, 0.29) is 17.6 Å². The van der Waals surface area contributed by atoms with Crippen LogP contribution in [0.2, 0.25) is 0 Å². The van der Waals surface area contributed by atoms with Crippen molar-refractivity contribution in [3.8, 4) is 17.1 Å². The van der Waals surface area contributed by atoms with Crippen LogP contribution in [0.25, 0.3) is 17.1 Å². The van der Waals surface area contributed by atoms with Crippen molar-refractivity contribution < 1.29 is 9.32 Å². The standard InChI is InChI=1S/C25H28N6O2S/c1-5-17-9-7-10-18(6-2)23(17)31-24(19-11-8-12-26-14-19)28-29-25(31)34-15-21(32)27-22-13-20(16(3)4)30-33-22/h7-14,16H,5-6,15H2,1-4H3,(H,27,32). The number of para-hydroxylation sites is 1. The zero-order valence-electron chi connectivity index (χ0n) is 19.8. The van der Waals surface area contributed by atoms with E-state index in [2.05, 4.69) is 62.3 Å². The van der Waals surface area contributed by atoms with Gasteiger partial charge in [-0.25, -0.2) is 0 Å². The number of thioether (sulfide) groups is 1. The lowest BCUT2D eigenvalue weighted by Crippen LogP contribution is -2.14. The zero-order valence-corrected chi connectivity index (χ0v) is 20.6. The van der Waals surface area contributed by atoms with Gasteiger partial charge in [-0.05, 0) is 42.0 Å². The van der Waals surface area contributed by atoms with Crippen molar-refractivity contribution in [2.45, 2.75) is 51.6 Å². The number of amides is 1. The molecule has 0 radical (unpaired) electrons. The van der Waals surface area contributed by atoms with Gasteiger partial charge in [0.25, 0.3) is 0 Å². The average Bonchev–Trinajstić information content (AvgIpc) is 3.50. The van der Waals surface area contributed by atoms with Gasteiger partial charge in [0.15, 0.2) is 11.0 Å². The van der Waals surface area contributed by atoms with E-state index >= 15 is 0 Å². The Hall–Kier alpha value is -3.46. The molecule has 0 spiro atoms. The predicted octanol–water partition coefficient (Wildman–Crippen LogP) is 5.30. The molecule has 9 heteroatoms. The Balaban J connectivity index is 1.66. The molecule has 0 saturated carbocycles. The first-order valence-electron chi connectivity index (χ1n) is 11.4. The Morgan fingerprint density at radius 1 is 1.12 bits per heavy atom. The predicted molar refractivity (Wildman–Crippen MR) is 133 cm³/mol. The molecule has 0 bridgehead atoms. The molecule has 0 aliphatic carbocycles. The minimum absolute atomic E-state index is 0.151. The number of nitrogens with one attached hydrogen (secondary N) is 1. The van der Waals surface area contributed by atoms with E-state index in [9.17, 15) is 4.79 Å². The number of carbonyl (C=O) groups excluding carboxylic acids is 1. The molecular weight excluding hydrogens is 448 g/mol. The number of carbonyl (C=O) groups is 1. The summed E-state index contributed by atoms with van der Waals surface area (Å²) < 4.78 is 7.29. The van der Waals surface area contributed by atoms with Crippen molar-refractivity contribution in [1.82, 2.24) is 24.9 Å². The van der Waals surface area contributed by atoms with Crippen LogP contribution in [0.15, 0.2) is 58.5 Å². The number of aromatic nitrogens is 5. The third-order valence-corrected chi connectivity index (χ3v) is 6.39. The van der Waals surface area contributed by atoms with Crippen molar-refractivity contribution in [2.75, 3.05) is 11.1 Å². The van der Waals surface area contributed by atoms with Gasteiger partial charge >= 0.3 is 0 Å². The summed E-state index contributed by atoms with van der Waals surface area (Å²) in [6, 6.07) is 11.9. The highest BCUT2D eigenvalue weighted by Gasteiger charge is 2.21. The summed E-state index contributed by atoms with van der Waals surface area (Å²) in [7, 11) is 0. The number of hydrogen-bond donors (Lipinski definition) is 1. The molecule has 0 saturated heterocycles. The fourth-order valence-electron chi connectivity index (χ4n) is 3.67. The highest BCUT2D eigenvalue weighted by molar-refractivity contribution is 7.99. The van der Waals surface area contributed by atoms with Crippen molar-refractivity contribution in [2.24, 2.45) is 0 Å². The topological polar surface area (TPSA) is 98.7 Å². The first kappa shape index (κ1) is 23.7. The molecule has 3 heterocycles. The lowest BCUT2D eigenvalue weighted by molar-refractivity contribution is -0.113. The quantitative estimate of drug-likeness (QED) is 0.327. The molecule has 0 unspecified atom stereocenters. The summed E-state index contributed by atoms with van der Waals surface area (Å²) in [5.74, 6) is 1.21. The highest BCUT2D eigenvalue weighted by atomic mass is 32.2. The monoisotopic (exact) mass is 476 g/mol. The second-order valence-corrected chi connectivity index (χ2v) is 9.07. The second-order valence-electron chi connectivity index (χ2n) is 8.12. The Bertz CT molecular complexity index is 1240. The number of aryl methyl sites for hydroxylation is 2. The Morgan fingerprint density at radius 3 is 2.50 bits per heavy atom. The largest absolute Gasteiger partial charge is 0.338 e. The number of rotatable bonds is 9. The Kier molecular flexibility index (Phi) is 7.42. The minimum atomic E-state index is -0.201. The van der Waals surface area contributed by atoms with E-state index in [1.807, 2.05) is 26.0 Å². The van der Waals surface area contributed by atoms with Crippen molar-refractivity contribution in [1.29, 1.82) is 0 Å². The first-order valence-corrected chi connectivity index (χ1v) is 12.4. The minimum Gasteiger partial charge on any atom is -0.338 e. The Morgan fingerprint density at radius 2 is 1.88 bits per heavy atom. The lowest BCUT2D eigenvalue weighted by Gasteiger charge is -2.17. The zero-order chi connectivity index (χ0) is 24.1. The molecule has 176 valence electrons. The lowest BCUT2D eigenvalue weighted by atomic mass is 10.0. The van der Waals surface area contributed by atoms with Crippen molar-refractivity contribution in [3.63, 3.8) is 0 Å². The van der Waals surface area contributed by atoms with Crippen LogP contribution in [0.1, 0.15) is 50.4 Å². The summed E-state index contributed by atoms with van der Waals surface area (Å²) in [6.45, 7) is 8.31. The highest BCUT2D eigenvalue weighted by Crippen LogP contribution is 2.32. The van der Waals surface area contributed by atoms with Crippen LogP contribution in [0.3, 0.4) is 0 Å². The second kappa shape index (κ2) is 10.6. The number of benzene rings is 1. The van der Waals surface area contributed by atoms with Gasteiger partial charge in [0.05, 0.1) is 17.1 Å². The van der Waals surface area contributed by atoms with Gasteiger partial charge in [0, 0.05) is 24.0 Å². The summed E-state index contributed by atoms with van der Waals surface area (Å²) in [5, 5.41) is 16.4. The van der Waals surface area contributed by atoms with E-state index in [0.29, 0.717) is 16.9 Å². The smallest absolute Gasteiger partial charge is 0.237 e. The summed E-state index contributed by atoms with van der Waals surface area (Å²) in [4.78, 5) is 16.9. The van der Waals surface area contributed by atoms with Crippen LogP contribution in [0.4, 0.5) is 5.88 Å². The molecule has 3 aromatic heterocycles. The maximum absolute atomic E-state index is 12.6. The SMILES string of the molecule is CCc1cccc(CC)c1-n1c(SCC(=O)Nc2cc(C(C)C)no2)nnc1-c1cccnc1. The molecule has 4 aromatic rings. The molecule has 1 aromatic carbocycles. The fourth-order valence-corrected chi connectivity index (χ4v) is 4.41. The third kappa shape index (κ3) is 5.04. The Labute approximate surface area is 203 Å². The van der Waals surface area contributed by atoms with Crippen LogP contribution in [-0.2, 0) is 17.6 Å².